The maximum atomic E-state index is 10.1. The normalized spacial score (nSPS) is 22.2. The number of rotatable bonds is 6. The van der Waals surface area contributed by atoms with Gasteiger partial charge in [0.2, 0.25) is 0 Å². The summed E-state index contributed by atoms with van der Waals surface area (Å²) in [4.78, 5) is 18.2. The second kappa shape index (κ2) is 11.3. The van der Waals surface area contributed by atoms with E-state index in [0.717, 1.165) is 85.0 Å². The molecule has 5 aromatic rings. The molecule has 8 rings (SSSR count). The predicted octanol–water partition coefficient (Wildman–Crippen LogP) is 5.76. The summed E-state index contributed by atoms with van der Waals surface area (Å²) in [5.41, 5.74) is 17.2. The minimum atomic E-state index is -0.424. The minimum Gasteiger partial charge on any atom is -0.389 e. The molecule has 5 N–H and O–H groups in total. The molecule has 1 fully saturated rings. The highest BCUT2D eigenvalue weighted by atomic mass is 32.1. The fraction of sp³-hybridized carbons (Fsp3) is 0.471. The van der Waals surface area contributed by atoms with Crippen molar-refractivity contribution in [3.8, 4) is 17.6 Å². The molecule has 4 atom stereocenters. The van der Waals surface area contributed by atoms with Crippen LogP contribution in [0.25, 0.3) is 22.6 Å². The Bertz CT molecular complexity index is 2040. The Morgan fingerprint density at radius 3 is 2.77 bits per heavy atom. The van der Waals surface area contributed by atoms with Gasteiger partial charge in [-0.05, 0) is 90.4 Å². The monoisotopic (exact) mass is 649 g/mol. The molecule has 1 spiro atoms. The maximum absolute atomic E-state index is 10.1. The summed E-state index contributed by atoms with van der Waals surface area (Å²) in [5.74, 6) is 2.44. The third-order valence-corrected chi connectivity index (χ3v) is 11.8. The van der Waals surface area contributed by atoms with Gasteiger partial charge in [0.25, 0.3) is 0 Å². The van der Waals surface area contributed by atoms with Gasteiger partial charge in [-0.2, -0.15) is 10.4 Å². The third kappa shape index (κ3) is 4.60. The molecule has 4 unspecified atom stereocenters. The van der Waals surface area contributed by atoms with E-state index in [4.69, 9.17) is 36.2 Å². The number of nitrogen functional groups attached to an aromatic ring is 2. The largest absolute Gasteiger partial charge is 0.389 e. The van der Waals surface area contributed by atoms with Gasteiger partial charge in [0.15, 0.2) is 22.9 Å². The van der Waals surface area contributed by atoms with E-state index in [0.29, 0.717) is 39.8 Å². The SMILES string of the molecule is CC(Nc1nc(-c2noc3c2CCCC32CCCc3sc(N)c(C#N)c32)nc2c1cnn2C(C)C1CCCN1C)c1cccnc1N. The molecular weight excluding hydrogens is 611 g/mol. The summed E-state index contributed by atoms with van der Waals surface area (Å²) in [6.07, 6.45) is 11.3. The molecule has 2 aliphatic carbocycles. The maximum Gasteiger partial charge on any atom is 0.186 e. The van der Waals surface area contributed by atoms with Crippen LogP contribution in [-0.4, -0.2) is 54.4 Å². The number of hydrogen-bond acceptors (Lipinski definition) is 12. The first-order valence-electron chi connectivity index (χ1n) is 16.5. The average Bonchev–Trinajstić information content (AvgIpc) is 3.86. The second-order valence-electron chi connectivity index (χ2n) is 13.4. The highest BCUT2D eigenvalue weighted by Crippen LogP contribution is 2.55. The topological polar surface area (TPSA) is 174 Å². The Morgan fingerprint density at radius 1 is 1.17 bits per heavy atom. The van der Waals surface area contributed by atoms with Gasteiger partial charge in [0.05, 0.1) is 34.6 Å². The second-order valence-corrected chi connectivity index (χ2v) is 14.5. The lowest BCUT2D eigenvalue weighted by molar-refractivity contribution is 0.232. The lowest BCUT2D eigenvalue weighted by Gasteiger charge is -2.39. The first-order valence-corrected chi connectivity index (χ1v) is 17.4. The molecule has 12 nitrogen and oxygen atoms in total. The van der Waals surface area contributed by atoms with Crippen LogP contribution in [0.3, 0.4) is 0 Å². The molecule has 0 saturated carbocycles. The Morgan fingerprint density at radius 2 is 2.00 bits per heavy atom. The van der Waals surface area contributed by atoms with Crippen LogP contribution >= 0.6 is 11.3 Å². The summed E-state index contributed by atoms with van der Waals surface area (Å²) in [7, 11) is 2.18. The molecule has 13 heteroatoms. The van der Waals surface area contributed by atoms with Crippen molar-refractivity contribution in [3.05, 3.63) is 57.4 Å². The quantitative estimate of drug-likeness (QED) is 0.204. The van der Waals surface area contributed by atoms with E-state index >= 15 is 0 Å². The zero-order valence-corrected chi connectivity index (χ0v) is 27.8. The fourth-order valence-electron chi connectivity index (χ4n) is 8.44. The van der Waals surface area contributed by atoms with Crippen molar-refractivity contribution in [1.29, 1.82) is 5.26 Å². The number of nitrogens with two attached hydrogens (primary N) is 2. The first kappa shape index (κ1) is 29.8. The lowest BCUT2D eigenvalue weighted by Crippen LogP contribution is -2.35. The number of pyridine rings is 1. The number of thiophene rings is 1. The van der Waals surface area contributed by atoms with Gasteiger partial charge in [-0.1, -0.05) is 11.2 Å². The molecule has 242 valence electrons. The van der Waals surface area contributed by atoms with Crippen molar-refractivity contribution in [2.45, 2.75) is 88.8 Å². The molecule has 1 saturated heterocycles. The van der Waals surface area contributed by atoms with E-state index in [-0.39, 0.29) is 12.1 Å². The molecule has 6 heterocycles. The Kier molecular flexibility index (Phi) is 7.18. The molecule has 3 aliphatic rings. The number of aromatic nitrogens is 6. The smallest absolute Gasteiger partial charge is 0.186 e. The minimum absolute atomic E-state index is 0.102. The van der Waals surface area contributed by atoms with Crippen LogP contribution in [0.4, 0.5) is 16.6 Å². The number of nitrogens with zero attached hydrogens (tertiary/aromatic N) is 8. The molecule has 0 bridgehead atoms. The van der Waals surface area contributed by atoms with Gasteiger partial charge < -0.3 is 26.2 Å². The van der Waals surface area contributed by atoms with Crippen LogP contribution < -0.4 is 16.8 Å². The van der Waals surface area contributed by atoms with E-state index < -0.39 is 5.41 Å². The summed E-state index contributed by atoms with van der Waals surface area (Å²) < 4.78 is 8.36. The zero-order valence-electron chi connectivity index (χ0n) is 27.0. The number of anilines is 3. The molecule has 47 heavy (non-hydrogen) atoms. The van der Waals surface area contributed by atoms with E-state index in [1.54, 1.807) is 17.5 Å². The lowest BCUT2D eigenvalue weighted by atomic mass is 9.63. The van der Waals surface area contributed by atoms with Crippen LogP contribution in [0.15, 0.2) is 29.0 Å². The number of likely N-dealkylation sites (N-methyl/N-ethyl adjacent to an activating group) is 1. The van der Waals surface area contributed by atoms with E-state index in [2.05, 4.69) is 35.2 Å². The molecular formula is C34H39N11OS. The number of nitriles is 1. The van der Waals surface area contributed by atoms with Gasteiger partial charge in [-0.25, -0.2) is 19.6 Å². The number of hydrogen-bond donors (Lipinski definition) is 3. The van der Waals surface area contributed by atoms with Crippen molar-refractivity contribution in [3.63, 3.8) is 0 Å². The Hall–Kier alpha value is -4.54. The van der Waals surface area contributed by atoms with E-state index in [1.165, 1.54) is 11.3 Å². The Labute approximate surface area is 277 Å². The number of likely N-dealkylation sites (tertiary alicyclic amines) is 1. The highest BCUT2D eigenvalue weighted by molar-refractivity contribution is 7.16. The molecule has 5 aromatic heterocycles. The van der Waals surface area contributed by atoms with Gasteiger partial charge in [-0.15, -0.1) is 11.3 Å². The number of nitrogens with one attached hydrogen (secondary N) is 1. The van der Waals surface area contributed by atoms with Crippen LogP contribution in [0.5, 0.6) is 0 Å². The van der Waals surface area contributed by atoms with Crippen molar-refractivity contribution in [2.24, 2.45) is 0 Å². The van der Waals surface area contributed by atoms with E-state index in [1.807, 2.05) is 29.9 Å². The van der Waals surface area contributed by atoms with Gasteiger partial charge >= 0.3 is 0 Å². The number of fused-ring (bicyclic) bond motifs is 5. The molecule has 0 amide bonds. The first-order chi connectivity index (χ1) is 22.8. The number of aryl methyl sites for hydroxylation is 1. The summed E-state index contributed by atoms with van der Waals surface area (Å²) in [5, 5.41) is 24.7. The summed E-state index contributed by atoms with van der Waals surface area (Å²) in [6.45, 7) is 5.33. The Balaban J connectivity index is 1.28. The zero-order chi connectivity index (χ0) is 32.4. The van der Waals surface area contributed by atoms with Crippen molar-refractivity contribution >= 4 is 39.0 Å². The fourth-order valence-corrected chi connectivity index (χ4v) is 9.61. The third-order valence-electron chi connectivity index (χ3n) is 10.7. The molecule has 0 aromatic carbocycles. The van der Waals surface area contributed by atoms with Crippen molar-refractivity contribution in [1.82, 2.24) is 34.8 Å². The van der Waals surface area contributed by atoms with Gasteiger partial charge in [-0.3, -0.25) is 0 Å². The predicted molar refractivity (Wildman–Crippen MR) is 182 cm³/mol. The summed E-state index contributed by atoms with van der Waals surface area (Å²) in [6, 6.07) is 6.55. The van der Waals surface area contributed by atoms with Crippen LogP contribution in [-0.2, 0) is 18.3 Å². The highest BCUT2D eigenvalue weighted by Gasteiger charge is 2.49. The van der Waals surface area contributed by atoms with E-state index in [9.17, 15) is 5.26 Å². The van der Waals surface area contributed by atoms with Crippen LogP contribution in [0.1, 0.15) is 97.3 Å². The van der Waals surface area contributed by atoms with Crippen molar-refractivity contribution in [2.75, 3.05) is 30.4 Å². The van der Waals surface area contributed by atoms with Crippen LogP contribution in [0, 0.1) is 11.3 Å². The molecule has 1 aliphatic heterocycles. The summed E-state index contributed by atoms with van der Waals surface area (Å²) >= 11 is 1.54. The van der Waals surface area contributed by atoms with Crippen LogP contribution in [0.2, 0.25) is 0 Å². The molecule has 0 radical (unpaired) electrons. The van der Waals surface area contributed by atoms with Gasteiger partial charge in [0.1, 0.15) is 22.7 Å². The standard InChI is InChI=1S/C34H39N11OS/c1-18(20-9-6-14-38-29(20)36)40-31-23-17-39-45(19(2)24-10-7-15-44(24)3)33(23)42-32(41-31)27-21-8-4-12-34(28(21)46-43-27)13-5-11-25-26(34)22(16-35)30(37)47-25/h6,9,14,17-19,24H,4-5,7-8,10-13,15,37H2,1-3H3,(H2,36,38)(H,40,41,42). The van der Waals surface area contributed by atoms with Crippen molar-refractivity contribution < 1.29 is 4.52 Å². The average molecular weight is 650 g/mol. The van der Waals surface area contributed by atoms with Gasteiger partial charge in [0, 0.05) is 28.2 Å².